The summed E-state index contributed by atoms with van der Waals surface area (Å²) >= 11 is 0. The van der Waals surface area contributed by atoms with Crippen LogP contribution in [0.3, 0.4) is 0 Å². The van der Waals surface area contributed by atoms with Crippen LogP contribution in [0.15, 0.2) is 16.5 Å². The largest absolute Gasteiger partial charge is 0.492 e. The Morgan fingerprint density at radius 2 is 2.06 bits per heavy atom. The van der Waals surface area contributed by atoms with E-state index in [1.54, 1.807) is 6.07 Å². The highest BCUT2D eigenvalue weighted by atomic mass is 16.5. The third kappa shape index (κ3) is 1.43. The van der Waals surface area contributed by atoms with Crippen molar-refractivity contribution in [3.05, 3.63) is 29.0 Å². The Hall–Kier alpha value is -1.97. The summed E-state index contributed by atoms with van der Waals surface area (Å²) in [6.07, 6.45) is 0. The van der Waals surface area contributed by atoms with Crippen LogP contribution >= 0.6 is 0 Å². The first-order valence-corrected chi connectivity index (χ1v) is 4.85. The zero-order valence-corrected chi connectivity index (χ0v) is 9.33. The summed E-state index contributed by atoms with van der Waals surface area (Å²) in [7, 11) is 1.44. The van der Waals surface area contributed by atoms with Gasteiger partial charge in [0.1, 0.15) is 5.58 Å². The molecule has 0 aliphatic carbocycles. The minimum Gasteiger partial charge on any atom is -0.492 e. The molecular weight excluding hydrogens is 208 g/mol. The molecule has 84 valence electrons. The van der Waals surface area contributed by atoms with Gasteiger partial charge in [0.05, 0.1) is 12.5 Å². The molecule has 0 saturated carbocycles. The van der Waals surface area contributed by atoms with E-state index in [1.165, 1.54) is 7.11 Å². The molecule has 0 spiro atoms. The number of fused-ring (bicyclic) bond motifs is 1. The number of carboxylic acids is 1. The third-order valence-corrected chi connectivity index (χ3v) is 2.49. The minimum absolute atomic E-state index is 0.147. The first-order valence-electron chi connectivity index (χ1n) is 4.85. The number of furan rings is 1. The molecule has 0 aliphatic rings. The average molecular weight is 220 g/mol. The quantitative estimate of drug-likeness (QED) is 0.845. The van der Waals surface area contributed by atoms with Crippen LogP contribution in [0.2, 0.25) is 0 Å². The summed E-state index contributed by atoms with van der Waals surface area (Å²) in [5.74, 6) is -0.976. The molecule has 0 atom stereocenters. The van der Waals surface area contributed by atoms with Crippen molar-refractivity contribution in [3.8, 4) is 5.75 Å². The summed E-state index contributed by atoms with van der Waals surface area (Å²) in [6, 6.07) is 3.77. The maximum atomic E-state index is 11.0. The second-order valence-electron chi connectivity index (χ2n) is 3.72. The van der Waals surface area contributed by atoms with Crippen molar-refractivity contribution in [3.63, 3.8) is 0 Å². The summed E-state index contributed by atoms with van der Waals surface area (Å²) in [6.45, 7) is 3.83. The van der Waals surface area contributed by atoms with Gasteiger partial charge in [0.15, 0.2) is 5.75 Å². The number of aryl methyl sites for hydroxylation is 2. The molecule has 1 N–H and O–H groups in total. The van der Waals surface area contributed by atoms with E-state index >= 15 is 0 Å². The summed E-state index contributed by atoms with van der Waals surface area (Å²) in [4.78, 5) is 11.0. The number of hydrogen-bond acceptors (Lipinski definition) is 3. The van der Waals surface area contributed by atoms with Crippen molar-refractivity contribution >= 4 is 16.9 Å². The molecule has 2 rings (SSSR count). The van der Waals surface area contributed by atoms with Gasteiger partial charge >= 0.3 is 5.97 Å². The minimum atomic E-state index is -1.12. The molecule has 0 bridgehead atoms. The number of methoxy groups -OCH3 is 1. The third-order valence-electron chi connectivity index (χ3n) is 2.49. The first kappa shape index (κ1) is 10.5. The van der Waals surface area contributed by atoms with Crippen LogP contribution in [0.25, 0.3) is 11.0 Å². The van der Waals surface area contributed by atoms with Crippen LogP contribution in [0.5, 0.6) is 5.75 Å². The van der Waals surface area contributed by atoms with E-state index in [1.807, 2.05) is 19.9 Å². The van der Waals surface area contributed by atoms with Crippen LogP contribution in [0.1, 0.15) is 21.7 Å². The van der Waals surface area contributed by atoms with Gasteiger partial charge in [-0.25, -0.2) is 4.79 Å². The van der Waals surface area contributed by atoms with Crippen molar-refractivity contribution in [2.24, 2.45) is 0 Å². The molecule has 4 nitrogen and oxygen atoms in total. The number of carbonyl (C=O) groups is 1. The lowest BCUT2D eigenvalue weighted by molar-refractivity contribution is 0.0660. The lowest BCUT2D eigenvalue weighted by atomic mass is 10.1. The Balaban J connectivity index is 2.87. The zero-order valence-electron chi connectivity index (χ0n) is 9.33. The number of aromatic carboxylic acids is 1. The standard InChI is InChI=1S/C12H12O4/c1-6-4-7(2)9-8(5-6)16-11(12(13)14)10(9)15-3/h4-5H,1-3H3,(H,13,14). The normalized spacial score (nSPS) is 10.7. The van der Waals surface area contributed by atoms with E-state index in [-0.39, 0.29) is 5.76 Å². The highest BCUT2D eigenvalue weighted by Gasteiger charge is 2.22. The molecule has 16 heavy (non-hydrogen) atoms. The highest BCUT2D eigenvalue weighted by Crippen LogP contribution is 2.35. The van der Waals surface area contributed by atoms with Gasteiger partial charge in [0.25, 0.3) is 5.76 Å². The Kier molecular flexibility index (Phi) is 2.34. The smallest absolute Gasteiger partial charge is 0.375 e. The Bertz CT molecular complexity index is 566. The monoisotopic (exact) mass is 220 g/mol. The topological polar surface area (TPSA) is 59.7 Å². The molecule has 0 fully saturated rings. The van der Waals surface area contributed by atoms with Crippen molar-refractivity contribution in [2.75, 3.05) is 7.11 Å². The predicted octanol–water partition coefficient (Wildman–Crippen LogP) is 2.76. The van der Waals surface area contributed by atoms with Crippen LogP contribution < -0.4 is 4.74 Å². The van der Waals surface area contributed by atoms with E-state index in [0.717, 1.165) is 16.5 Å². The Labute approximate surface area is 92.4 Å². The van der Waals surface area contributed by atoms with Crippen LogP contribution in [0, 0.1) is 13.8 Å². The van der Waals surface area contributed by atoms with Gasteiger partial charge in [0.2, 0.25) is 0 Å². The van der Waals surface area contributed by atoms with Gasteiger partial charge < -0.3 is 14.3 Å². The SMILES string of the molecule is COc1c(C(=O)O)oc2cc(C)cc(C)c12. The number of benzene rings is 1. The second-order valence-corrected chi connectivity index (χ2v) is 3.72. The number of ether oxygens (including phenoxy) is 1. The molecule has 4 heteroatoms. The van der Waals surface area contributed by atoms with Gasteiger partial charge in [0, 0.05) is 0 Å². The molecule has 2 aromatic rings. The molecule has 1 aromatic heterocycles. The van der Waals surface area contributed by atoms with Crippen molar-refractivity contribution in [1.82, 2.24) is 0 Å². The van der Waals surface area contributed by atoms with Gasteiger partial charge in [-0.3, -0.25) is 0 Å². The fraction of sp³-hybridized carbons (Fsp3) is 0.250. The van der Waals surface area contributed by atoms with Crippen molar-refractivity contribution in [1.29, 1.82) is 0 Å². The molecule has 0 unspecified atom stereocenters. The molecule has 0 aliphatic heterocycles. The highest BCUT2D eigenvalue weighted by molar-refractivity contribution is 5.99. The van der Waals surface area contributed by atoms with Crippen LogP contribution in [-0.2, 0) is 0 Å². The maximum Gasteiger partial charge on any atom is 0.375 e. The zero-order chi connectivity index (χ0) is 11.9. The summed E-state index contributed by atoms with van der Waals surface area (Å²) in [5.41, 5.74) is 2.52. The first-order chi connectivity index (χ1) is 7.54. The summed E-state index contributed by atoms with van der Waals surface area (Å²) < 4.78 is 10.4. The molecular formula is C12H12O4. The molecule has 1 aromatic carbocycles. The van der Waals surface area contributed by atoms with Gasteiger partial charge in [-0.15, -0.1) is 0 Å². The predicted molar refractivity (Wildman–Crippen MR) is 59.2 cm³/mol. The fourth-order valence-corrected chi connectivity index (χ4v) is 1.91. The van der Waals surface area contributed by atoms with Gasteiger partial charge in [-0.1, -0.05) is 6.07 Å². The Morgan fingerprint density at radius 3 is 2.62 bits per heavy atom. The van der Waals surface area contributed by atoms with E-state index in [9.17, 15) is 4.79 Å². The number of hydrogen-bond donors (Lipinski definition) is 1. The van der Waals surface area contributed by atoms with Crippen LogP contribution in [0.4, 0.5) is 0 Å². The van der Waals surface area contributed by atoms with Crippen LogP contribution in [-0.4, -0.2) is 18.2 Å². The fourth-order valence-electron chi connectivity index (χ4n) is 1.91. The molecule has 0 amide bonds. The molecule has 1 heterocycles. The lowest BCUT2D eigenvalue weighted by Gasteiger charge is -2.00. The van der Waals surface area contributed by atoms with E-state index < -0.39 is 5.97 Å². The second kappa shape index (κ2) is 3.56. The number of rotatable bonds is 2. The van der Waals surface area contributed by atoms with E-state index in [0.29, 0.717) is 11.3 Å². The van der Waals surface area contributed by atoms with Crippen molar-refractivity contribution in [2.45, 2.75) is 13.8 Å². The van der Waals surface area contributed by atoms with E-state index in [4.69, 9.17) is 14.3 Å². The molecule has 0 saturated heterocycles. The lowest BCUT2D eigenvalue weighted by Crippen LogP contribution is -1.96. The van der Waals surface area contributed by atoms with Gasteiger partial charge in [-0.05, 0) is 31.0 Å². The summed E-state index contributed by atoms with van der Waals surface area (Å²) in [5, 5.41) is 9.71. The van der Waals surface area contributed by atoms with Gasteiger partial charge in [-0.2, -0.15) is 0 Å². The van der Waals surface area contributed by atoms with E-state index in [2.05, 4.69) is 0 Å². The van der Waals surface area contributed by atoms with Crippen molar-refractivity contribution < 1.29 is 19.1 Å². The molecule has 0 radical (unpaired) electrons. The average Bonchev–Trinajstić information content (AvgIpc) is 2.56. The Morgan fingerprint density at radius 1 is 1.38 bits per heavy atom. The maximum absolute atomic E-state index is 11.0. The number of carboxylic acid groups (broad SMARTS) is 1.